The Balaban J connectivity index is 2.11. The highest BCUT2D eigenvalue weighted by atomic mass is 19.4. The first-order valence-corrected chi connectivity index (χ1v) is 6.34. The summed E-state index contributed by atoms with van der Waals surface area (Å²) >= 11 is 0. The minimum Gasteiger partial charge on any atom is -0.370 e. The van der Waals surface area contributed by atoms with E-state index in [1.807, 2.05) is 0 Å². The molecule has 108 valence electrons. The number of hydrogen-bond acceptors (Lipinski definition) is 2. The summed E-state index contributed by atoms with van der Waals surface area (Å²) in [6.45, 7) is 0. The molecule has 1 atom stereocenters. The maximum absolute atomic E-state index is 13.3. The summed E-state index contributed by atoms with van der Waals surface area (Å²) in [5, 5.41) is 11.0. The van der Waals surface area contributed by atoms with Gasteiger partial charge in [0.1, 0.15) is 11.9 Å². The van der Waals surface area contributed by atoms with E-state index in [1.54, 1.807) is 42.5 Å². The lowest BCUT2D eigenvalue weighted by molar-refractivity contribution is -0.119. The lowest BCUT2D eigenvalue weighted by Gasteiger charge is -2.38. The number of fused-ring (bicyclic) bond motifs is 1. The number of halogens is 3. The number of amidine groups is 1. The van der Waals surface area contributed by atoms with Gasteiger partial charge in [0.05, 0.1) is 11.4 Å². The molecule has 0 saturated carbocycles. The Hall–Kier alpha value is -2.50. The van der Waals surface area contributed by atoms with Gasteiger partial charge in [0.25, 0.3) is 0 Å². The van der Waals surface area contributed by atoms with Gasteiger partial charge in [-0.3, -0.25) is 5.41 Å². The van der Waals surface area contributed by atoms with Gasteiger partial charge in [-0.15, -0.1) is 13.2 Å². The zero-order chi connectivity index (χ0) is 15.0. The van der Waals surface area contributed by atoms with E-state index >= 15 is 0 Å². The standard InChI is InChI=1S/C15H12F3N3/c16-15(17,18)21-12-9-5-4-8-11(12)20-13(14(21)19)10-6-2-1-3-7-10/h1-9,13,19-20H. The fraction of sp³-hybridized carbons (Fsp3) is 0.133. The van der Waals surface area contributed by atoms with Crippen molar-refractivity contribution < 1.29 is 13.2 Å². The van der Waals surface area contributed by atoms with Crippen molar-refractivity contribution in [2.24, 2.45) is 0 Å². The van der Waals surface area contributed by atoms with Gasteiger partial charge in [-0.05, 0) is 17.7 Å². The molecule has 1 heterocycles. The van der Waals surface area contributed by atoms with Crippen LogP contribution in [-0.2, 0) is 0 Å². The Morgan fingerprint density at radius 1 is 0.952 bits per heavy atom. The van der Waals surface area contributed by atoms with Crippen LogP contribution in [0.15, 0.2) is 54.6 Å². The van der Waals surface area contributed by atoms with Crippen LogP contribution in [0.5, 0.6) is 0 Å². The summed E-state index contributed by atoms with van der Waals surface area (Å²) in [5.74, 6) is -0.535. The molecule has 0 radical (unpaired) electrons. The van der Waals surface area contributed by atoms with Crippen molar-refractivity contribution in [3.05, 3.63) is 60.2 Å². The Morgan fingerprint density at radius 3 is 2.24 bits per heavy atom. The third kappa shape index (κ3) is 2.33. The van der Waals surface area contributed by atoms with Crippen LogP contribution < -0.4 is 10.2 Å². The highest BCUT2D eigenvalue weighted by Crippen LogP contribution is 2.41. The summed E-state index contributed by atoms with van der Waals surface area (Å²) in [6, 6.07) is 14.0. The van der Waals surface area contributed by atoms with E-state index in [4.69, 9.17) is 5.41 Å². The topological polar surface area (TPSA) is 39.1 Å². The smallest absolute Gasteiger partial charge is 0.370 e. The van der Waals surface area contributed by atoms with Gasteiger partial charge in [-0.1, -0.05) is 42.5 Å². The first-order chi connectivity index (χ1) is 9.98. The molecule has 0 aliphatic carbocycles. The average Bonchev–Trinajstić information content (AvgIpc) is 2.46. The van der Waals surface area contributed by atoms with Crippen LogP contribution in [0.1, 0.15) is 11.6 Å². The highest BCUT2D eigenvalue weighted by Gasteiger charge is 2.46. The SMILES string of the molecule is N=C1C(c2ccccc2)Nc2ccccc2N1C(F)(F)F. The number of anilines is 2. The molecule has 3 nitrogen and oxygen atoms in total. The summed E-state index contributed by atoms with van der Waals surface area (Å²) in [7, 11) is 0. The van der Waals surface area contributed by atoms with Crippen molar-refractivity contribution in [1.29, 1.82) is 5.41 Å². The predicted octanol–water partition coefficient (Wildman–Crippen LogP) is 4.16. The molecule has 0 spiro atoms. The van der Waals surface area contributed by atoms with E-state index in [2.05, 4.69) is 5.32 Å². The van der Waals surface area contributed by atoms with Crippen molar-refractivity contribution in [1.82, 2.24) is 0 Å². The van der Waals surface area contributed by atoms with Crippen molar-refractivity contribution in [2.75, 3.05) is 10.2 Å². The van der Waals surface area contributed by atoms with Crippen LogP contribution in [0.25, 0.3) is 0 Å². The second kappa shape index (κ2) is 4.80. The number of benzene rings is 2. The van der Waals surface area contributed by atoms with E-state index < -0.39 is 18.2 Å². The second-order valence-electron chi connectivity index (χ2n) is 4.69. The monoisotopic (exact) mass is 291 g/mol. The lowest BCUT2D eigenvalue weighted by Crippen LogP contribution is -2.49. The molecule has 1 unspecified atom stereocenters. The lowest BCUT2D eigenvalue weighted by atomic mass is 10.0. The predicted molar refractivity (Wildman–Crippen MR) is 75.5 cm³/mol. The van der Waals surface area contributed by atoms with E-state index in [-0.39, 0.29) is 10.6 Å². The van der Waals surface area contributed by atoms with Gasteiger partial charge in [-0.25, -0.2) is 4.90 Å². The van der Waals surface area contributed by atoms with E-state index in [9.17, 15) is 13.2 Å². The van der Waals surface area contributed by atoms with Gasteiger partial charge in [0, 0.05) is 0 Å². The van der Waals surface area contributed by atoms with Crippen LogP contribution in [0.3, 0.4) is 0 Å². The maximum atomic E-state index is 13.3. The average molecular weight is 291 g/mol. The molecule has 0 aromatic heterocycles. The van der Waals surface area contributed by atoms with Crippen LogP contribution in [0.4, 0.5) is 24.5 Å². The molecular formula is C15H12F3N3. The van der Waals surface area contributed by atoms with Gasteiger partial charge < -0.3 is 5.32 Å². The van der Waals surface area contributed by atoms with Gasteiger partial charge in [-0.2, -0.15) is 0 Å². The Kier molecular flexibility index (Phi) is 3.08. The largest absolute Gasteiger partial charge is 0.490 e. The fourth-order valence-corrected chi connectivity index (χ4v) is 2.43. The summed E-state index contributed by atoms with van der Waals surface area (Å²) in [4.78, 5) is 0.122. The maximum Gasteiger partial charge on any atom is 0.490 e. The van der Waals surface area contributed by atoms with Gasteiger partial charge >= 0.3 is 6.30 Å². The zero-order valence-corrected chi connectivity index (χ0v) is 10.9. The Labute approximate surface area is 119 Å². The molecule has 2 N–H and O–H groups in total. The van der Waals surface area contributed by atoms with Crippen LogP contribution in [0.2, 0.25) is 0 Å². The number of nitrogens with one attached hydrogen (secondary N) is 2. The number of para-hydroxylation sites is 2. The third-order valence-electron chi connectivity index (χ3n) is 3.35. The number of alkyl halides is 3. The van der Waals surface area contributed by atoms with Crippen LogP contribution >= 0.6 is 0 Å². The molecular weight excluding hydrogens is 279 g/mol. The van der Waals surface area contributed by atoms with Crippen LogP contribution in [-0.4, -0.2) is 12.1 Å². The summed E-state index contributed by atoms with van der Waals surface area (Å²) in [6.07, 6.45) is -4.64. The minimum atomic E-state index is -4.64. The van der Waals surface area contributed by atoms with Crippen molar-refractivity contribution in [3.8, 4) is 0 Å². The molecule has 3 rings (SSSR count). The van der Waals surface area contributed by atoms with Crippen LogP contribution in [0, 0.1) is 5.41 Å². The molecule has 6 heteroatoms. The Bertz CT molecular complexity index is 667. The quantitative estimate of drug-likeness (QED) is 0.774. The van der Waals surface area contributed by atoms with Gasteiger partial charge in [0.2, 0.25) is 0 Å². The first-order valence-electron chi connectivity index (χ1n) is 6.34. The number of hydrogen-bond donors (Lipinski definition) is 2. The third-order valence-corrected chi connectivity index (χ3v) is 3.35. The fourth-order valence-electron chi connectivity index (χ4n) is 2.43. The Morgan fingerprint density at radius 2 is 1.57 bits per heavy atom. The highest BCUT2D eigenvalue weighted by molar-refractivity contribution is 6.07. The molecule has 2 aromatic rings. The molecule has 0 saturated heterocycles. The zero-order valence-electron chi connectivity index (χ0n) is 10.9. The molecule has 0 bridgehead atoms. The van der Waals surface area contributed by atoms with E-state index in [1.165, 1.54) is 12.1 Å². The first kappa shape index (κ1) is 13.5. The molecule has 0 fully saturated rings. The van der Waals surface area contributed by atoms with Crippen molar-refractivity contribution in [2.45, 2.75) is 12.3 Å². The molecule has 1 aliphatic rings. The number of rotatable bonds is 1. The normalized spacial score (nSPS) is 18.1. The molecule has 21 heavy (non-hydrogen) atoms. The van der Waals surface area contributed by atoms with E-state index in [0.717, 1.165) is 0 Å². The van der Waals surface area contributed by atoms with Crippen molar-refractivity contribution >= 4 is 17.2 Å². The molecule has 0 amide bonds. The minimum absolute atomic E-state index is 0.0535. The molecule has 1 aliphatic heterocycles. The summed E-state index contributed by atoms with van der Waals surface area (Å²) in [5.41, 5.74) is 0.924. The summed E-state index contributed by atoms with van der Waals surface area (Å²) < 4.78 is 40.0. The molecule has 2 aromatic carbocycles. The second-order valence-corrected chi connectivity index (χ2v) is 4.69. The van der Waals surface area contributed by atoms with Crippen molar-refractivity contribution in [3.63, 3.8) is 0 Å². The number of nitrogens with zero attached hydrogens (tertiary/aromatic N) is 1. The van der Waals surface area contributed by atoms with Gasteiger partial charge in [0.15, 0.2) is 0 Å². The van der Waals surface area contributed by atoms with E-state index in [0.29, 0.717) is 11.3 Å².